The molecule has 4 nitrogen and oxygen atoms in total. The number of esters is 1. The Morgan fingerprint density at radius 3 is 2.45 bits per heavy atom. The SMILES string of the molecule is COC(=O)[C@H](Cc1ccc(I)cc1)NC(=O)C1CCCCC1. The fourth-order valence-corrected chi connectivity index (χ4v) is 3.21. The van der Waals surface area contributed by atoms with Crippen LogP contribution in [0.15, 0.2) is 24.3 Å². The van der Waals surface area contributed by atoms with E-state index >= 15 is 0 Å². The second-order valence-corrected chi connectivity index (χ2v) is 7.00. The maximum atomic E-state index is 12.4. The van der Waals surface area contributed by atoms with Crippen molar-refractivity contribution in [3.8, 4) is 0 Å². The van der Waals surface area contributed by atoms with Crippen molar-refractivity contribution < 1.29 is 14.3 Å². The van der Waals surface area contributed by atoms with E-state index in [0.717, 1.165) is 34.8 Å². The van der Waals surface area contributed by atoms with Crippen LogP contribution in [0.1, 0.15) is 37.7 Å². The van der Waals surface area contributed by atoms with Crippen molar-refractivity contribution in [2.45, 2.75) is 44.6 Å². The summed E-state index contributed by atoms with van der Waals surface area (Å²) in [5.74, 6) is -0.360. The highest BCUT2D eigenvalue weighted by molar-refractivity contribution is 14.1. The van der Waals surface area contributed by atoms with Crippen molar-refractivity contribution in [1.82, 2.24) is 5.32 Å². The average Bonchev–Trinajstić information content (AvgIpc) is 2.56. The molecule has 0 saturated heterocycles. The first-order chi connectivity index (χ1) is 10.6. The summed E-state index contributed by atoms with van der Waals surface area (Å²) in [5, 5.41) is 2.89. The Morgan fingerprint density at radius 2 is 1.86 bits per heavy atom. The van der Waals surface area contributed by atoms with Gasteiger partial charge in [0, 0.05) is 15.9 Å². The summed E-state index contributed by atoms with van der Waals surface area (Å²) in [6, 6.07) is 7.33. The van der Waals surface area contributed by atoms with Crippen molar-refractivity contribution >= 4 is 34.5 Å². The van der Waals surface area contributed by atoms with Crippen LogP contribution in [0.25, 0.3) is 0 Å². The van der Waals surface area contributed by atoms with Gasteiger partial charge in [0.1, 0.15) is 6.04 Å². The van der Waals surface area contributed by atoms with Crippen LogP contribution in [0.3, 0.4) is 0 Å². The molecule has 0 aromatic heterocycles. The van der Waals surface area contributed by atoms with E-state index in [9.17, 15) is 9.59 Å². The van der Waals surface area contributed by atoms with Gasteiger partial charge in [0.25, 0.3) is 0 Å². The van der Waals surface area contributed by atoms with Gasteiger partial charge in [-0.3, -0.25) is 4.79 Å². The second kappa shape index (κ2) is 8.50. The third-order valence-electron chi connectivity index (χ3n) is 4.13. The topological polar surface area (TPSA) is 55.4 Å². The van der Waals surface area contributed by atoms with Crippen LogP contribution in [-0.4, -0.2) is 25.0 Å². The van der Waals surface area contributed by atoms with Gasteiger partial charge in [0.15, 0.2) is 0 Å². The maximum Gasteiger partial charge on any atom is 0.328 e. The number of rotatable bonds is 5. The van der Waals surface area contributed by atoms with Crippen LogP contribution in [0.5, 0.6) is 0 Å². The molecule has 0 heterocycles. The number of methoxy groups -OCH3 is 1. The van der Waals surface area contributed by atoms with E-state index in [-0.39, 0.29) is 17.8 Å². The molecular formula is C17H22INO3. The Labute approximate surface area is 145 Å². The molecule has 1 amide bonds. The summed E-state index contributed by atoms with van der Waals surface area (Å²) in [6.45, 7) is 0. The van der Waals surface area contributed by atoms with Crippen molar-refractivity contribution in [1.29, 1.82) is 0 Å². The lowest BCUT2D eigenvalue weighted by Crippen LogP contribution is -2.45. The van der Waals surface area contributed by atoms with Gasteiger partial charge in [-0.2, -0.15) is 0 Å². The largest absolute Gasteiger partial charge is 0.467 e. The number of hydrogen-bond donors (Lipinski definition) is 1. The van der Waals surface area contributed by atoms with Crippen molar-refractivity contribution in [2.24, 2.45) is 5.92 Å². The fourth-order valence-electron chi connectivity index (χ4n) is 2.85. The van der Waals surface area contributed by atoms with E-state index < -0.39 is 6.04 Å². The van der Waals surface area contributed by atoms with Crippen LogP contribution in [-0.2, 0) is 20.7 Å². The van der Waals surface area contributed by atoms with Crippen LogP contribution in [0, 0.1) is 9.49 Å². The highest BCUT2D eigenvalue weighted by Gasteiger charge is 2.27. The minimum absolute atomic E-state index is 0.0133. The highest BCUT2D eigenvalue weighted by Crippen LogP contribution is 2.24. The zero-order valence-electron chi connectivity index (χ0n) is 12.8. The molecule has 1 N–H and O–H groups in total. The number of hydrogen-bond acceptors (Lipinski definition) is 3. The third-order valence-corrected chi connectivity index (χ3v) is 4.85. The van der Waals surface area contributed by atoms with E-state index in [1.54, 1.807) is 0 Å². The molecule has 1 aliphatic rings. The van der Waals surface area contributed by atoms with Gasteiger partial charge in [-0.25, -0.2) is 4.79 Å². The van der Waals surface area contributed by atoms with Crippen molar-refractivity contribution in [3.63, 3.8) is 0 Å². The molecule has 1 atom stereocenters. The first-order valence-corrected chi connectivity index (χ1v) is 8.80. The number of carbonyl (C=O) groups excluding carboxylic acids is 2. The first-order valence-electron chi connectivity index (χ1n) is 7.73. The minimum atomic E-state index is -0.612. The number of benzene rings is 1. The number of nitrogens with one attached hydrogen (secondary N) is 1. The molecule has 0 aliphatic heterocycles. The van der Waals surface area contributed by atoms with Crippen LogP contribution < -0.4 is 5.32 Å². The normalized spacial score (nSPS) is 16.8. The van der Waals surface area contributed by atoms with Gasteiger partial charge in [0.05, 0.1) is 7.11 Å². The van der Waals surface area contributed by atoms with Gasteiger partial charge in [-0.15, -0.1) is 0 Å². The quantitative estimate of drug-likeness (QED) is 0.594. The molecule has 1 saturated carbocycles. The standard InChI is InChI=1S/C17H22INO3/c1-22-17(21)15(11-12-7-9-14(18)10-8-12)19-16(20)13-5-3-2-4-6-13/h7-10,13,15H,2-6,11H2,1H3,(H,19,20)/t15-/m0/s1. The highest BCUT2D eigenvalue weighted by atomic mass is 127. The van der Waals surface area contributed by atoms with E-state index in [0.29, 0.717) is 6.42 Å². The molecule has 2 rings (SSSR count). The van der Waals surface area contributed by atoms with Crippen LogP contribution in [0.2, 0.25) is 0 Å². The van der Waals surface area contributed by atoms with Crippen LogP contribution >= 0.6 is 22.6 Å². The molecule has 1 aromatic carbocycles. The van der Waals surface area contributed by atoms with Crippen molar-refractivity contribution in [2.75, 3.05) is 7.11 Å². The Bertz CT molecular complexity index is 509. The molecule has 0 radical (unpaired) electrons. The summed E-state index contributed by atoms with van der Waals surface area (Å²) in [7, 11) is 1.36. The maximum absolute atomic E-state index is 12.4. The molecule has 5 heteroatoms. The number of carbonyl (C=O) groups is 2. The van der Waals surface area contributed by atoms with E-state index in [4.69, 9.17) is 4.74 Å². The fraction of sp³-hybridized carbons (Fsp3) is 0.529. The van der Waals surface area contributed by atoms with Crippen LogP contribution in [0.4, 0.5) is 0 Å². The third kappa shape index (κ3) is 4.97. The number of halogens is 1. The number of amides is 1. The Morgan fingerprint density at radius 1 is 1.23 bits per heavy atom. The zero-order chi connectivity index (χ0) is 15.9. The molecule has 1 fully saturated rings. The molecule has 0 spiro atoms. The molecule has 0 unspecified atom stereocenters. The van der Waals surface area contributed by atoms with E-state index in [2.05, 4.69) is 27.9 Å². The predicted molar refractivity (Wildman–Crippen MR) is 93.4 cm³/mol. The second-order valence-electron chi connectivity index (χ2n) is 5.75. The summed E-state index contributed by atoms with van der Waals surface area (Å²) >= 11 is 2.24. The summed E-state index contributed by atoms with van der Waals surface area (Å²) in [5.41, 5.74) is 1.01. The molecule has 0 bridgehead atoms. The number of ether oxygens (including phenoxy) is 1. The van der Waals surface area contributed by atoms with Gasteiger partial charge >= 0.3 is 5.97 Å². The summed E-state index contributed by atoms with van der Waals surface area (Å²) in [4.78, 5) is 24.3. The molecular weight excluding hydrogens is 393 g/mol. The van der Waals surface area contributed by atoms with Crippen molar-refractivity contribution in [3.05, 3.63) is 33.4 Å². The van der Waals surface area contributed by atoms with Gasteiger partial charge in [-0.05, 0) is 53.1 Å². The summed E-state index contributed by atoms with van der Waals surface area (Å²) < 4.78 is 5.98. The molecule has 22 heavy (non-hydrogen) atoms. The van der Waals surface area contributed by atoms with E-state index in [1.807, 2.05) is 24.3 Å². The monoisotopic (exact) mass is 415 g/mol. The first kappa shape index (κ1) is 17.2. The Hall–Kier alpha value is -1.11. The molecule has 1 aliphatic carbocycles. The smallest absolute Gasteiger partial charge is 0.328 e. The van der Waals surface area contributed by atoms with Gasteiger partial charge in [0.2, 0.25) is 5.91 Å². The van der Waals surface area contributed by atoms with Gasteiger partial charge < -0.3 is 10.1 Å². The zero-order valence-corrected chi connectivity index (χ0v) is 15.0. The molecule has 1 aromatic rings. The lowest BCUT2D eigenvalue weighted by Gasteiger charge is -2.24. The Kier molecular flexibility index (Phi) is 6.67. The Balaban J connectivity index is 2.00. The van der Waals surface area contributed by atoms with E-state index in [1.165, 1.54) is 13.5 Å². The summed E-state index contributed by atoms with van der Waals surface area (Å²) in [6.07, 6.45) is 5.69. The minimum Gasteiger partial charge on any atom is -0.467 e. The van der Waals surface area contributed by atoms with Gasteiger partial charge in [-0.1, -0.05) is 31.4 Å². The molecule has 120 valence electrons. The average molecular weight is 415 g/mol. The predicted octanol–water partition coefficient (Wildman–Crippen LogP) is 3.07. The lowest BCUT2D eigenvalue weighted by molar-refractivity contribution is -0.145. The lowest BCUT2D eigenvalue weighted by atomic mass is 9.88.